The molecule has 0 radical (unpaired) electrons. The standard InChI is InChI=1S/C24H24ClN3O3/c25-20-11-9-19(10-12-20)21-16-26-22(27-21)15-18-6-4-17(5-7-18)8-13-23(29)28-31-24-3-1-2-14-30-24/h4-13,16,24H,1-3,14-15H2,(H,26,27)(H,28,29). The zero-order chi connectivity index (χ0) is 21.5. The summed E-state index contributed by atoms with van der Waals surface area (Å²) < 4.78 is 5.41. The van der Waals surface area contributed by atoms with Gasteiger partial charge in [-0.2, -0.15) is 0 Å². The van der Waals surface area contributed by atoms with E-state index in [0.29, 0.717) is 18.1 Å². The highest BCUT2D eigenvalue weighted by Gasteiger charge is 2.14. The topological polar surface area (TPSA) is 76.2 Å². The van der Waals surface area contributed by atoms with Crippen molar-refractivity contribution in [3.05, 3.63) is 82.8 Å². The number of imidazole rings is 1. The zero-order valence-corrected chi connectivity index (χ0v) is 17.8. The molecule has 1 atom stereocenters. The first-order valence-electron chi connectivity index (χ1n) is 10.3. The Morgan fingerprint density at radius 3 is 2.74 bits per heavy atom. The molecule has 4 rings (SSSR count). The predicted molar refractivity (Wildman–Crippen MR) is 120 cm³/mol. The minimum atomic E-state index is -0.354. The van der Waals surface area contributed by atoms with Crippen molar-refractivity contribution < 1.29 is 14.4 Å². The number of aromatic amines is 1. The maximum atomic E-state index is 11.9. The number of nitrogens with one attached hydrogen (secondary N) is 2. The van der Waals surface area contributed by atoms with Crippen LogP contribution in [-0.4, -0.2) is 28.8 Å². The Bertz CT molecular complexity index is 1020. The van der Waals surface area contributed by atoms with Gasteiger partial charge in [-0.05, 0) is 47.7 Å². The number of hydroxylamine groups is 1. The molecule has 1 amide bonds. The van der Waals surface area contributed by atoms with Crippen molar-refractivity contribution in [1.82, 2.24) is 15.4 Å². The number of hydrogen-bond acceptors (Lipinski definition) is 4. The van der Waals surface area contributed by atoms with Crippen LogP contribution in [0.4, 0.5) is 0 Å². The molecule has 3 aromatic rings. The molecular weight excluding hydrogens is 414 g/mol. The molecule has 1 aliphatic heterocycles. The van der Waals surface area contributed by atoms with Crippen LogP contribution in [0.15, 0.2) is 60.8 Å². The summed E-state index contributed by atoms with van der Waals surface area (Å²) in [6.45, 7) is 0.670. The number of carbonyl (C=O) groups excluding carboxylic acids is 1. The van der Waals surface area contributed by atoms with Crippen molar-refractivity contribution in [3.8, 4) is 11.3 Å². The lowest BCUT2D eigenvalue weighted by atomic mass is 10.1. The number of aromatic nitrogens is 2. The van der Waals surface area contributed by atoms with E-state index in [1.54, 1.807) is 6.08 Å². The molecule has 0 saturated carbocycles. The van der Waals surface area contributed by atoms with Gasteiger partial charge >= 0.3 is 0 Å². The van der Waals surface area contributed by atoms with Crippen molar-refractivity contribution in [2.24, 2.45) is 0 Å². The van der Waals surface area contributed by atoms with Crippen LogP contribution < -0.4 is 5.48 Å². The average Bonchev–Trinajstić information content (AvgIpc) is 3.27. The lowest BCUT2D eigenvalue weighted by Gasteiger charge is -2.21. The molecule has 7 heteroatoms. The SMILES string of the molecule is O=C(C=Cc1ccc(Cc2ncc(-c3ccc(Cl)cc3)[nH]2)cc1)NOC1CCCCO1. The lowest BCUT2D eigenvalue weighted by molar-refractivity contribution is -0.198. The number of rotatable bonds is 7. The van der Waals surface area contributed by atoms with Crippen molar-refractivity contribution in [3.63, 3.8) is 0 Å². The van der Waals surface area contributed by atoms with Crippen LogP contribution in [0.25, 0.3) is 17.3 Å². The second-order valence-corrected chi connectivity index (χ2v) is 7.82. The minimum Gasteiger partial charge on any atom is -0.350 e. The zero-order valence-electron chi connectivity index (χ0n) is 17.0. The van der Waals surface area contributed by atoms with Crippen LogP contribution >= 0.6 is 11.6 Å². The van der Waals surface area contributed by atoms with Crippen molar-refractivity contribution in [1.29, 1.82) is 0 Å². The Morgan fingerprint density at radius 2 is 2.00 bits per heavy atom. The molecule has 160 valence electrons. The van der Waals surface area contributed by atoms with Crippen molar-refractivity contribution in [2.75, 3.05) is 6.61 Å². The van der Waals surface area contributed by atoms with Gasteiger partial charge in [0.2, 0.25) is 0 Å². The van der Waals surface area contributed by atoms with E-state index < -0.39 is 0 Å². The van der Waals surface area contributed by atoms with E-state index in [2.05, 4.69) is 15.4 Å². The Morgan fingerprint density at radius 1 is 1.19 bits per heavy atom. The maximum absolute atomic E-state index is 11.9. The predicted octanol–water partition coefficient (Wildman–Crippen LogP) is 4.91. The highest BCUT2D eigenvalue weighted by atomic mass is 35.5. The Kier molecular flexibility index (Phi) is 7.14. The normalized spacial score (nSPS) is 16.5. The third kappa shape index (κ3) is 6.28. The summed E-state index contributed by atoms with van der Waals surface area (Å²) in [6, 6.07) is 15.6. The van der Waals surface area contributed by atoms with Gasteiger partial charge in [0.15, 0.2) is 6.29 Å². The van der Waals surface area contributed by atoms with Crippen LogP contribution in [0.2, 0.25) is 5.02 Å². The summed E-state index contributed by atoms with van der Waals surface area (Å²) in [7, 11) is 0. The van der Waals surface area contributed by atoms with Gasteiger partial charge in [-0.15, -0.1) is 0 Å². The fraction of sp³-hybridized carbons (Fsp3) is 0.250. The molecule has 1 fully saturated rings. The van der Waals surface area contributed by atoms with Gasteiger partial charge in [0, 0.05) is 30.5 Å². The summed E-state index contributed by atoms with van der Waals surface area (Å²) in [6.07, 6.45) is 8.23. The number of hydrogen-bond donors (Lipinski definition) is 2. The Balaban J connectivity index is 1.28. The fourth-order valence-electron chi connectivity index (χ4n) is 3.30. The maximum Gasteiger partial charge on any atom is 0.267 e. The Labute approximate surface area is 186 Å². The quantitative estimate of drug-likeness (QED) is 0.407. The first kappa shape index (κ1) is 21.3. The average molecular weight is 438 g/mol. The number of H-pyrrole nitrogens is 1. The summed E-state index contributed by atoms with van der Waals surface area (Å²) >= 11 is 5.95. The number of carbonyl (C=O) groups is 1. The molecule has 0 aliphatic carbocycles. The van der Waals surface area contributed by atoms with E-state index in [0.717, 1.165) is 47.5 Å². The molecule has 1 aliphatic rings. The molecule has 6 nitrogen and oxygen atoms in total. The van der Waals surface area contributed by atoms with Crippen LogP contribution in [-0.2, 0) is 20.8 Å². The first-order valence-corrected chi connectivity index (χ1v) is 10.7. The van der Waals surface area contributed by atoms with Gasteiger partial charge < -0.3 is 9.72 Å². The van der Waals surface area contributed by atoms with E-state index >= 15 is 0 Å². The lowest BCUT2D eigenvalue weighted by Crippen LogP contribution is -2.32. The highest BCUT2D eigenvalue weighted by molar-refractivity contribution is 6.30. The van der Waals surface area contributed by atoms with Gasteiger partial charge in [0.1, 0.15) is 5.82 Å². The molecule has 2 aromatic carbocycles. The molecule has 2 N–H and O–H groups in total. The monoisotopic (exact) mass is 437 g/mol. The van der Waals surface area contributed by atoms with Gasteiger partial charge in [-0.1, -0.05) is 48.0 Å². The number of amides is 1. The fourth-order valence-corrected chi connectivity index (χ4v) is 3.43. The molecule has 2 heterocycles. The minimum absolute atomic E-state index is 0.316. The molecule has 0 bridgehead atoms. The number of halogens is 1. The molecule has 0 spiro atoms. The first-order chi connectivity index (χ1) is 15.2. The highest BCUT2D eigenvalue weighted by Crippen LogP contribution is 2.20. The van der Waals surface area contributed by atoms with E-state index in [1.807, 2.05) is 54.7 Å². The van der Waals surface area contributed by atoms with Gasteiger partial charge in [-0.25, -0.2) is 15.3 Å². The number of nitrogens with zero attached hydrogens (tertiary/aromatic N) is 1. The van der Waals surface area contributed by atoms with Gasteiger partial charge in [0.05, 0.1) is 11.9 Å². The van der Waals surface area contributed by atoms with E-state index in [4.69, 9.17) is 21.2 Å². The molecule has 31 heavy (non-hydrogen) atoms. The van der Waals surface area contributed by atoms with Crippen LogP contribution in [0.5, 0.6) is 0 Å². The third-order valence-corrected chi connectivity index (χ3v) is 5.24. The van der Waals surface area contributed by atoms with E-state index in [-0.39, 0.29) is 12.2 Å². The number of ether oxygens (including phenoxy) is 1. The number of benzene rings is 2. The smallest absolute Gasteiger partial charge is 0.267 e. The molecule has 1 unspecified atom stereocenters. The summed E-state index contributed by atoms with van der Waals surface area (Å²) in [4.78, 5) is 25.0. The van der Waals surface area contributed by atoms with Crippen molar-refractivity contribution in [2.45, 2.75) is 32.0 Å². The van der Waals surface area contributed by atoms with Crippen molar-refractivity contribution >= 4 is 23.6 Å². The van der Waals surface area contributed by atoms with Gasteiger partial charge in [-0.3, -0.25) is 4.79 Å². The molecule has 1 aromatic heterocycles. The summed E-state index contributed by atoms with van der Waals surface area (Å²) in [5.41, 5.74) is 6.46. The molecular formula is C24H24ClN3O3. The third-order valence-electron chi connectivity index (χ3n) is 4.99. The van der Waals surface area contributed by atoms with Gasteiger partial charge in [0.25, 0.3) is 5.91 Å². The van der Waals surface area contributed by atoms with E-state index in [1.165, 1.54) is 6.08 Å². The second-order valence-electron chi connectivity index (χ2n) is 7.38. The van der Waals surface area contributed by atoms with Crippen LogP contribution in [0.3, 0.4) is 0 Å². The summed E-state index contributed by atoms with van der Waals surface area (Å²) in [5, 5.41) is 0.709. The summed E-state index contributed by atoms with van der Waals surface area (Å²) in [5.74, 6) is 0.568. The largest absolute Gasteiger partial charge is 0.350 e. The second kappa shape index (κ2) is 10.4. The molecule has 1 saturated heterocycles. The van der Waals surface area contributed by atoms with E-state index in [9.17, 15) is 4.79 Å². The van der Waals surface area contributed by atoms with Crippen LogP contribution in [0, 0.1) is 0 Å². The Hall–Kier alpha value is -2.93. The van der Waals surface area contributed by atoms with Crippen LogP contribution in [0.1, 0.15) is 36.2 Å².